The van der Waals surface area contributed by atoms with Crippen LogP contribution in [-0.4, -0.2) is 77.5 Å². The van der Waals surface area contributed by atoms with Gasteiger partial charge >= 0.3 is 0 Å². The Morgan fingerprint density at radius 3 is 0.852 bits per heavy atom. The second kappa shape index (κ2) is 19.8. The lowest BCUT2D eigenvalue weighted by molar-refractivity contribution is 1.06. The second-order valence-corrected chi connectivity index (χ2v) is 16.4. The summed E-state index contributed by atoms with van der Waals surface area (Å²) in [5, 5.41) is 3.30. The summed E-state index contributed by atoms with van der Waals surface area (Å²) in [5.41, 5.74) is 0. The van der Waals surface area contributed by atoms with Gasteiger partial charge in [-0.1, -0.05) is 27.7 Å². The van der Waals surface area contributed by atoms with E-state index in [0.717, 1.165) is 23.0 Å². The summed E-state index contributed by atoms with van der Waals surface area (Å²) in [6, 6.07) is 0. The normalized spacial score (nSPS) is 18.7. The van der Waals surface area contributed by atoms with E-state index in [2.05, 4.69) is 137 Å². The van der Waals surface area contributed by atoms with Gasteiger partial charge in [0.2, 0.25) is 0 Å². The zero-order valence-corrected chi connectivity index (χ0v) is 24.6. The number of rotatable bonds is 18. The molecule has 0 heterocycles. The predicted octanol–water partition coefficient (Wildman–Crippen LogP) is 6.66. The summed E-state index contributed by atoms with van der Waals surface area (Å²) in [6.45, 7) is 8.73. The van der Waals surface area contributed by atoms with Gasteiger partial charge in [-0.3, -0.25) is 0 Å². The molecule has 0 amide bonds. The highest BCUT2D eigenvalue weighted by molar-refractivity contribution is 8.08. The van der Waals surface area contributed by atoms with E-state index in [1.165, 1.54) is 23.0 Å². The molecular weight excluding hydrogens is 505 g/mol. The average molecular weight is 543 g/mol. The molecule has 0 nitrogen and oxygen atoms in total. The van der Waals surface area contributed by atoms with Crippen LogP contribution in [0.4, 0.5) is 0 Å². The van der Waals surface area contributed by atoms with Gasteiger partial charge in [-0.2, -0.15) is 109 Å². The zero-order chi connectivity index (χ0) is 20.7. The maximum absolute atomic E-state index is 4.53. The minimum Gasteiger partial charge on any atom is -0.175 e. The van der Waals surface area contributed by atoms with Crippen LogP contribution in [0, 0.1) is 0 Å². The first-order chi connectivity index (χ1) is 12.7. The smallest absolute Gasteiger partial charge is 0.0232 e. The molecular formula is C18H38S9. The van der Waals surface area contributed by atoms with Crippen LogP contribution in [0.25, 0.3) is 0 Å². The average Bonchev–Trinajstić information content (AvgIpc) is 2.52. The predicted molar refractivity (Wildman–Crippen MR) is 158 cm³/mol. The summed E-state index contributed by atoms with van der Waals surface area (Å²) < 4.78 is 0. The Bertz CT molecular complexity index is 266. The number of thiol groups is 4. The van der Waals surface area contributed by atoms with Crippen molar-refractivity contribution in [2.24, 2.45) is 0 Å². The molecule has 0 rings (SSSR count). The van der Waals surface area contributed by atoms with Crippen molar-refractivity contribution < 1.29 is 0 Å². The third-order valence-electron chi connectivity index (χ3n) is 3.04. The summed E-state index contributed by atoms with van der Waals surface area (Å²) >= 11 is 28.6. The van der Waals surface area contributed by atoms with E-state index in [0.29, 0.717) is 31.5 Å². The van der Waals surface area contributed by atoms with Crippen molar-refractivity contribution in [1.29, 1.82) is 0 Å². The lowest BCUT2D eigenvalue weighted by Crippen LogP contribution is -2.22. The molecule has 0 aliphatic rings. The Labute approximate surface area is 212 Å². The van der Waals surface area contributed by atoms with Crippen molar-refractivity contribution in [3.63, 3.8) is 0 Å². The lowest BCUT2D eigenvalue weighted by Gasteiger charge is -2.24. The molecule has 0 aromatic rings. The first-order valence-electron chi connectivity index (χ1n) is 9.39. The van der Waals surface area contributed by atoms with Gasteiger partial charge in [0.15, 0.2) is 0 Å². The Hall–Kier alpha value is 3.15. The molecule has 0 saturated heterocycles. The summed E-state index contributed by atoms with van der Waals surface area (Å²) in [6.07, 6.45) is 0. The summed E-state index contributed by atoms with van der Waals surface area (Å²) in [5.74, 6) is 9.43. The van der Waals surface area contributed by atoms with Crippen LogP contribution in [0.15, 0.2) is 0 Å². The third-order valence-corrected chi connectivity index (χ3v) is 12.5. The van der Waals surface area contributed by atoms with Crippen LogP contribution in [0.5, 0.6) is 0 Å². The molecule has 9 heteroatoms. The first kappa shape index (κ1) is 30.1. The molecule has 0 aliphatic heterocycles. The van der Waals surface area contributed by atoms with Gasteiger partial charge in [0.05, 0.1) is 0 Å². The van der Waals surface area contributed by atoms with E-state index in [4.69, 9.17) is 0 Å². The minimum absolute atomic E-state index is 0.474. The number of hydrogen-bond donors (Lipinski definition) is 4. The van der Waals surface area contributed by atoms with Crippen molar-refractivity contribution in [2.45, 2.75) is 59.2 Å². The van der Waals surface area contributed by atoms with Crippen LogP contribution in [-0.2, 0) is 0 Å². The molecule has 164 valence electrons. The van der Waals surface area contributed by atoms with Crippen LogP contribution < -0.4 is 0 Å². The minimum atomic E-state index is 0.474. The molecule has 0 aromatic heterocycles. The molecule has 0 spiro atoms. The summed E-state index contributed by atoms with van der Waals surface area (Å²) in [7, 11) is 0. The SMILES string of the molecule is CC(S)CSCC(CSCC(C)S)SC(CSCC(C)S)CSCC(C)S. The lowest BCUT2D eigenvalue weighted by atomic mass is 10.5. The molecule has 0 aromatic carbocycles. The van der Waals surface area contributed by atoms with Crippen molar-refractivity contribution >= 4 is 109 Å². The van der Waals surface area contributed by atoms with Crippen molar-refractivity contribution in [1.82, 2.24) is 0 Å². The van der Waals surface area contributed by atoms with Gasteiger partial charge in [0, 0.05) is 77.5 Å². The largest absolute Gasteiger partial charge is 0.175 e. The zero-order valence-electron chi connectivity index (χ0n) is 17.0. The molecule has 0 N–H and O–H groups in total. The summed E-state index contributed by atoms with van der Waals surface area (Å²) in [4.78, 5) is 0. The highest BCUT2D eigenvalue weighted by atomic mass is 32.2. The number of thioether (sulfide) groups is 5. The van der Waals surface area contributed by atoms with E-state index in [9.17, 15) is 0 Å². The molecule has 0 fully saturated rings. The standard InChI is InChI=1S/C18H38S9/c1-13(19)5-23-9-17(10-24-6-14(2)20)27-18(11-25-7-15(3)21)12-26-8-16(4)22/h13-22H,5-12H2,1-4H3. The Kier molecular flexibility index (Phi) is 22.1. The van der Waals surface area contributed by atoms with Crippen LogP contribution in [0.2, 0.25) is 0 Å². The van der Waals surface area contributed by atoms with Crippen molar-refractivity contribution in [3.8, 4) is 0 Å². The van der Waals surface area contributed by atoms with Gasteiger partial charge in [0.25, 0.3) is 0 Å². The fourth-order valence-electron chi connectivity index (χ4n) is 2.01. The van der Waals surface area contributed by atoms with E-state index in [-0.39, 0.29) is 0 Å². The van der Waals surface area contributed by atoms with Gasteiger partial charge in [0.1, 0.15) is 0 Å². The fourth-order valence-corrected chi connectivity index (χ4v) is 9.96. The van der Waals surface area contributed by atoms with Gasteiger partial charge in [-0.25, -0.2) is 0 Å². The molecule has 4 atom stereocenters. The highest BCUT2D eigenvalue weighted by Crippen LogP contribution is 2.30. The number of hydrogen-bond acceptors (Lipinski definition) is 9. The van der Waals surface area contributed by atoms with E-state index in [1.807, 2.05) is 0 Å². The van der Waals surface area contributed by atoms with E-state index >= 15 is 0 Å². The van der Waals surface area contributed by atoms with Crippen molar-refractivity contribution in [3.05, 3.63) is 0 Å². The molecule has 4 unspecified atom stereocenters. The molecule has 0 bridgehead atoms. The first-order valence-corrected chi connectivity index (χ1v) is 17.0. The Morgan fingerprint density at radius 1 is 0.444 bits per heavy atom. The molecule has 0 radical (unpaired) electrons. The maximum Gasteiger partial charge on any atom is 0.0232 e. The molecule has 0 saturated carbocycles. The second-order valence-electron chi connectivity index (χ2n) is 6.93. The van der Waals surface area contributed by atoms with Crippen LogP contribution in [0.1, 0.15) is 27.7 Å². The van der Waals surface area contributed by atoms with Gasteiger partial charge < -0.3 is 0 Å². The maximum atomic E-state index is 4.53. The fraction of sp³-hybridized carbons (Fsp3) is 1.00. The van der Waals surface area contributed by atoms with Gasteiger partial charge in [-0.15, -0.1) is 0 Å². The third kappa shape index (κ3) is 22.1. The van der Waals surface area contributed by atoms with Crippen LogP contribution in [0.3, 0.4) is 0 Å². The van der Waals surface area contributed by atoms with Crippen LogP contribution >= 0.6 is 109 Å². The highest BCUT2D eigenvalue weighted by Gasteiger charge is 2.19. The Balaban J connectivity index is 4.61. The van der Waals surface area contributed by atoms with E-state index in [1.54, 1.807) is 0 Å². The molecule has 0 aliphatic carbocycles. The molecule has 27 heavy (non-hydrogen) atoms. The van der Waals surface area contributed by atoms with Gasteiger partial charge in [-0.05, 0) is 0 Å². The Morgan fingerprint density at radius 2 is 0.667 bits per heavy atom. The van der Waals surface area contributed by atoms with Crippen molar-refractivity contribution in [2.75, 3.05) is 46.0 Å². The monoisotopic (exact) mass is 542 g/mol. The van der Waals surface area contributed by atoms with E-state index < -0.39 is 0 Å². The topological polar surface area (TPSA) is 0 Å². The quantitative estimate of drug-likeness (QED) is 0.143.